The fourth-order valence-electron chi connectivity index (χ4n) is 8.87. The highest BCUT2D eigenvalue weighted by atomic mass is 14.8. The molecule has 0 aromatic heterocycles. The summed E-state index contributed by atoms with van der Waals surface area (Å²) < 4.78 is 0. The summed E-state index contributed by atoms with van der Waals surface area (Å²) >= 11 is 0. The van der Waals surface area contributed by atoms with Crippen LogP contribution in [-0.4, -0.2) is 14.1 Å². The lowest BCUT2D eigenvalue weighted by atomic mass is 9.55. The van der Waals surface area contributed by atoms with Gasteiger partial charge in [0.15, 0.2) is 0 Å². The van der Waals surface area contributed by atoms with Gasteiger partial charge in [0, 0.05) is 42.7 Å². The number of hydrogen-bond acceptors (Lipinski definition) is 2. The third-order valence-corrected chi connectivity index (χ3v) is 11.0. The van der Waals surface area contributed by atoms with Crippen molar-refractivity contribution in [1.82, 2.24) is 0 Å². The standard InChI is InChI=1S/C47H38N2/c1-48-36-22-24-40-41-25-23-37(49-2)30-44(41)46(43(40)29-36)47(34-14-5-3-6-15-34,35-16-7-4-8-17-35)45-27-26-39-38(18-11-19-42(39)45)33-21-20-31-12-9-10-13-32(31)28-33/h3-30,45-46,48-49H,1-2H3. The van der Waals surface area contributed by atoms with Crippen LogP contribution in [0.15, 0.2) is 164 Å². The van der Waals surface area contributed by atoms with Gasteiger partial charge in [-0.25, -0.2) is 0 Å². The molecule has 0 bridgehead atoms. The monoisotopic (exact) mass is 630 g/mol. The van der Waals surface area contributed by atoms with E-state index in [0.717, 1.165) is 11.4 Å². The molecular formula is C47H38N2. The van der Waals surface area contributed by atoms with E-state index in [1.54, 1.807) is 0 Å². The van der Waals surface area contributed by atoms with Crippen molar-refractivity contribution in [2.45, 2.75) is 17.3 Å². The molecule has 0 heterocycles. The maximum atomic E-state index is 3.45. The van der Waals surface area contributed by atoms with Gasteiger partial charge in [0.05, 0.1) is 0 Å². The van der Waals surface area contributed by atoms with Crippen molar-refractivity contribution in [2.75, 3.05) is 24.7 Å². The van der Waals surface area contributed by atoms with E-state index in [2.05, 4.69) is 181 Å². The van der Waals surface area contributed by atoms with Crippen LogP contribution in [0.5, 0.6) is 0 Å². The van der Waals surface area contributed by atoms with Crippen molar-refractivity contribution < 1.29 is 0 Å². The molecule has 1 atom stereocenters. The maximum Gasteiger partial charge on any atom is 0.0415 e. The second-order valence-electron chi connectivity index (χ2n) is 13.3. The molecule has 2 N–H and O–H groups in total. The Hall–Kier alpha value is -5.86. The molecule has 2 nitrogen and oxygen atoms in total. The minimum Gasteiger partial charge on any atom is -0.388 e. The number of hydrogen-bond donors (Lipinski definition) is 2. The van der Waals surface area contributed by atoms with E-state index >= 15 is 0 Å². The molecule has 2 aliphatic rings. The molecule has 1 unspecified atom stereocenters. The van der Waals surface area contributed by atoms with Crippen molar-refractivity contribution in [1.29, 1.82) is 0 Å². The van der Waals surface area contributed by atoms with E-state index in [1.165, 1.54) is 66.4 Å². The first-order chi connectivity index (χ1) is 24.2. The van der Waals surface area contributed by atoms with Gasteiger partial charge in [-0.15, -0.1) is 0 Å². The minimum absolute atomic E-state index is 0.0359. The second-order valence-corrected chi connectivity index (χ2v) is 13.3. The molecule has 0 saturated heterocycles. The molecule has 236 valence electrons. The lowest BCUT2D eigenvalue weighted by Crippen LogP contribution is -2.40. The van der Waals surface area contributed by atoms with Crippen LogP contribution in [0.3, 0.4) is 0 Å². The van der Waals surface area contributed by atoms with Crippen LogP contribution >= 0.6 is 0 Å². The van der Waals surface area contributed by atoms with Gasteiger partial charge in [0.25, 0.3) is 0 Å². The lowest BCUT2D eigenvalue weighted by Gasteiger charge is -2.46. The van der Waals surface area contributed by atoms with Crippen LogP contribution in [0.1, 0.15) is 45.2 Å². The Morgan fingerprint density at radius 1 is 0.469 bits per heavy atom. The quantitative estimate of drug-likeness (QED) is 0.183. The average molecular weight is 631 g/mol. The van der Waals surface area contributed by atoms with Gasteiger partial charge in [-0.2, -0.15) is 0 Å². The Kier molecular flexibility index (Phi) is 6.98. The predicted molar refractivity (Wildman–Crippen MR) is 208 cm³/mol. The summed E-state index contributed by atoms with van der Waals surface area (Å²) in [6.45, 7) is 0. The van der Waals surface area contributed by atoms with E-state index in [9.17, 15) is 0 Å². The van der Waals surface area contributed by atoms with E-state index in [0.29, 0.717) is 0 Å². The van der Waals surface area contributed by atoms with Crippen LogP contribution in [0, 0.1) is 0 Å². The maximum absolute atomic E-state index is 3.45. The van der Waals surface area contributed by atoms with E-state index in [-0.39, 0.29) is 11.8 Å². The van der Waals surface area contributed by atoms with Crippen LogP contribution < -0.4 is 10.6 Å². The number of benzene rings is 7. The predicted octanol–water partition coefficient (Wildman–Crippen LogP) is 11.5. The topological polar surface area (TPSA) is 24.1 Å². The minimum atomic E-state index is -0.467. The number of allylic oxidation sites excluding steroid dienone is 1. The summed E-state index contributed by atoms with van der Waals surface area (Å²) in [7, 11) is 4.04. The molecule has 0 fully saturated rings. The number of anilines is 2. The Morgan fingerprint density at radius 3 is 1.67 bits per heavy atom. The van der Waals surface area contributed by atoms with E-state index < -0.39 is 5.41 Å². The molecule has 2 aliphatic carbocycles. The summed E-state index contributed by atoms with van der Waals surface area (Å²) in [5.74, 6) is 0.0989. The smallest absolute Gasteiger partial charge is 0.0415 e. The zero-order valence-electron chi connectivity index (χ0n) is 27.8. The number of nitrogens with one attached hydrogen (secondary N) is 2. The highest BCUT2D eigenvalue weighted by molar-refractivity contribution is 5.91. The summed E-state index contributed by atoms with van der Waals surface area (Å²) in [4.78, 5) is 0. The highest BCUT2D eigenvalue weighted by Crippen LogP contribution is 2.63. The highest BCUT2D eigenvalue weighted by Gasteiger charge is 2.53. The molecule has 0 spiro atoms. The van der Waals surface area contributed by atoms with Gasteiger partial charge in [-0.1, -0.05) is 140 Å². The summed E-state index contributed by atoms with van der Waals surface area (Å²) in [6, 6.07) is 58.8. The molecule has 2 heteroatoms. The first-order valence-corrected chi connectivity index (χ1v) is 17.3. The van der Waals surface area contributed by atoms with Crippen molar-refractivity contribution in [3.8, 4) is 22.3 Å². The molecule has 0 radical (unpaired) electrons. The van der Waals surface area contributed by atoms with Crippen molar-refractivity contribution in [3.63, 3.8) is 0 Å². The van der Waals surface area contributed by atoms with Crippen LogP contribution in [0.25, 0.3) is 39.1 Å². The van der Waals surface area contributed by atoms with Crippen LogP contribution in [-0.2, 0) is 5.41 Å². The number of rotatable bonds is 7. The van der Waals surface area contributed by atoms with Gasteiger partial charge in [0.1, 0.15) is 0 Å². The fourth-order valence-corrected chi connectivity index (χ4v) is 8.87. The largest absolute Gasteiger partial charge is 0.388 e. The summed E-state index contributed by atoms with van der Waals surface area (Å²) in [5, 5.41) is 9.44. The Bertz CT molecular complexity index is 2280. The Balaban J connectivity index is 1.36. The van der Waals surface area contributed by atoms with Crippen molar-refractivity contribution >= 4 is 28.2 Å². The Labute approximate surface area is 288 Å². The third-order valence-electron chi connectivity index (χ3n) is 11.0. The molecule has 0 amide bonds. The molecule has 0 saturated carbocycles. The van der Waals surface area contributed by atoms with Crippen LogP contribution in [0.2, 0.25) is 0 Å². The normalized spacial score (nSPS) is 14.8. The van der Waals surface area contributed by atoms with E-state index in [1.807, 2.05) is 14.1 Å². The van der Waals surface area contributed by atoms with E-state index in [4.69, 9.17) is 0 Å². The molecule has 7 aromatic carbocycles. The fraction of sp³-hybridized carbons (Fsp3) is 0.106. The molecule has 9 rings (SSSR count). The van der Waals surface area contributed by atoms with Gasteiger partial charge >= 0.3 is 0 Å². The first-order valence-electron chi connectivity index (χ1n) is 17.3. The van der Waals surface area contributed by atoms with Gasteiger partial charge in [0.2, 0.25) is 0 Å². The van der Waals surface area contributed by atoms with Crippen LogP contribution in [0.4, 0.5) is 11.4 Å². The lowest BCUT2D eigenvalue weighted by molar-refractivity contribution is 0.417. The van der Waals surface area contributed by atoms with Crippen molar-refractivity contribution in [2.24, 2.45) is 0 Å². The average Bonchev–Trinajstić information content (AvgIpc) is 3.75. The second kappa shape index (κ2) is 11.7. The van der Waals surface area contributed by atoms with Gasteiger partial charge in [-0.05, 0) is 96.7 Å². The zero-order valence-corrected chi connectivity index (χ0v) is 27.8. The summed E-state index contributed by atoms with van der Waals surface area (Å²) in [5.41, 5.74) is 14.9. The van der Waals surface area contributed by atoms with Gasteiger partial charge in [-0.3, -0.25) is 0 Å². The Morgan fingerprint density at radius 2 is 1.06 bits per heavy atom. The molecular weight excluding hydrogens is 593 g/mol. The molecule has 0 aliphatic heterocycles. The summed E-state index contributed by atoms with van der Waals surface area (Å²) in [6.07, 6.45) is 4.90. The third kappa shape index (κ3) is 4.48. The van der Waals surface area contributed by atoms with Crippen molar-refractivity contribution in [3.05, 3.63) is 197 Å². The molecule has 7 aromatic rings. The molecule has 49 heavy (non-hydrogen) atoms. The first kappa shape index (κ1) is 29.3. The SMILES string of the molecule is CNc1ccc2c(c1)C(C(c1ccccc1)(c1ccccc1)C1C=Cc3c(-c4ccc5ccccc5c4)cccc31)c1cc(NC)ccc1-2. The van der Waals surface area contributed by atoms with Gasteiger partial charge < -0.3 is 10.6 Å². The zero-order chi connectivity index (χ0) is 33.0. The number of fused-ring (bicyclic) bond motifs is 5.